The monoisotopic (exact) mass is 328 g/mol. The van der Waals surface area contributed by atoms with Crippen LogP contribution in [0.1, 0.15) is 58.3 Å². The summed E-state index contributed by atoms with van der Waals surface area (Å²) in [5.74, 6) is 1.17. The number of methoxy groups -OCH3 is 3. The average molecular weight is 328 g/mol. The van der Waals surface area contributed by atoms with E-state index in [0.29, 0.717) is 5.56 Å². The van der Waals surface area contributed by atoms with Gasteiger partial charge in [-0.05, 0) is 61.8 Å². The number of hydrogen-bond acceptors (Lipinski definition) is 4. The molecule has 0 atom stereocenters. The van der Waals surface area contributed by atoms with Crippen LogP contribution in [0, 0.1) is 0 Å². The minimum atomic E-state index is -0.335. The molecule has 3 rings (SSSR count). The summed E-state index contributed by atoms with van der Waals surface area (Å²) in [5, 5.41) is 0. The van der Waals surface area contributed by atoms with Crippen molar-refractivity contribution in [1.29, 1.82) is 0 Å². The highest BCUT2D eigenvalue weighted by Crippen LogP contribution is 2.38. The topological polar surface area (TPSA) is 44.8 Å². The first-order valence-corrected chi connectivity index (χ1v) is 8.47. The molecule has 0 aromatic heterocycles. The smallest absolute Gasteiger partial charge is 0.339 e. The molecule has 4 heteroatoms. The Bertz CT molecular complexity index is 663. The SMILES string of the molecule is COC(=O)c1c2c(cc3c1C(OC)=CCCC3)CCCC=C2OC. The molecule has 0 unspecified atom stereocenters. The van der Waals surface area contributed by atoms with Crippen molar-refractivity contribution in [3.8, 4) is 0 Å². The van der Waals surface area contributed by atoms with E-state index in [1.807, 2.05) is 0 Å². The highest BCUT2D eigenvalue weighted by molar-refractivity contribution is 6.01. The van der Waals surface area contributed by atoms with Crippen molar-refractivity contribution in [2.75, 3.05) is 21.3 Å². The van der Waals surface area contributed by atoms with E-state index in [2.05, 4.69) is 18.2 Å². The zero-order valence-electron chi connectivity index (χ0n) is 14.6. The molecule has 2 aliphatic carbocycles. The first-order valence-electron chi connectivity index (χ1n) is 8.47. The van der Waals surface area contributed by atoms with Crippen LogP contribution < -0.4 is 0 Å². The van der Waals surface area contributed by atoms with Crippen LogP contribution in [-0.2, 0) is 27.1 Å². The molecule has 0 heterocycles. The second-order valence-electron chi connectivity index (χ2n) is 6.14. The molecule has 0 N–H and O–H groups in total. The van der Waals surface area contributed by atoms with Gasteiger partial charge in [0.15, 0.2) is 0 Å². The van der Waals surface area contributed by atoms with Gasteiger partial charge in [0.25, 0.3) is 0 Å². The molecule has 0 saturated heterocycles. The van der Waals surface area contributed by atoms with Crippen LogP contribution in [0.25, 0.3) is 11.5 Å². The van der Waals surface area contributed by atoms with E-state index in [4.69, 9.17) is 14.2 Å². The van der Waals surface area contributed by atoms with E-state index >= 15 is 0 Å². The van der Waals surface area contributed by atoms with Crippen LogP contribution in [0.4, 0.5) is 0 Å². The molecule has 0 amide bonds. The molecular weight excluding hydrogens is 304 g/mol. The van der Waals surface area contributed by atoms with E-state index in [1.54, 1.807) is 14.2 Å². The molecule has 0 radical (unpaired) electrons. The minimum absolute atomic E-state index is 0.335. The molecule has 0 saturated carbocycles. The lowest BCUT2D eigenvalue weighted by Crippen LogP contribution is -2.15. The molecule has 4 nitrogen and oxygen atoms in total. The van der Waals surface area contributed by atoms with E-state index in [9.17, 15) is 4.79 Å². The fourth-order valence-electron chi connectivity index (χ4n) is 3.69. The van der Waals surface area contributed by atoms with Crippen molar-refractivity contribution in [3.05, 3.63) is 46.0 Å². The molecule has 0 aliphatic heterocycles. The maximum absolute atomic E-state index is 12.7. The lowest BCUT2D eigenvalue weighted by molar-refractivity contribution is 0.0598. The zero-order valence-corrected chi connectivity index (χ0v) is 14.6. The number of carbonyl (C=O) groups is 1. The molecule has 0 bridgehead atoms. The van der Waals surface area contributed by atoms with Gasteiger partial charge in [-0.1, -0.05) is 6.07 Å². The van der Waals surface area contributed by atoms with Crippen LogP contribution in [0.5, 0.6) is 0 Å². The number of carbonyl (C=O) groups excluding carboxylic acids is 1. The van der Waals surface area contributed by atoms with Gasteiger partial charge in [0.1, 0.15) is 11.5 Å². The summed E-state index contributed by atoms with van der Waals surface area (Å²) in [5.41, 5.74) is 4.64. The Morgan fingerprint density at radius 1 is 0.875 bits per heavy atom. The largest absolute Gasteiger partial charge is 0.496 e. The molecule has 0 spiro atoms. The average Bonchev–Trinajstić information content (AvgIpc) is 2.94. The summed E-state index contributed by atoms with van der Waals surface area (Å²) < 4.78 is 16.4. The number of hydrogen-bond donors (Lipinski definition) is 0. The number of benzene rings is 1. The predicted octanol–water partition coefficient (Wildman–Crippen LogP) is 4.12. The number of ether oxygens (including phenoxy) is 3. The van der Waals surface area contributed by atoms with Gasteiger partial charge < -0.3 is 14.2 Å². The van der Waals surface area contributed by atoms with E-state index < -0.39 is 0 Å². The number of rotatable bonds is 3. The minimum Gasteiger partial charge on any atom is -0.496 e. The third-order valence-electron chi connectivity index (χ3n) is 4.77. The Morgan fingerprint density at radius 3 is 1.79 bits per heavy atom. The quantitative estimate of drug-likeness (QED) is 0.783. The Kier molecular flexibility index (Phi) is 4.93. The van der Waals surface area contributed by atoms with Crippen LogP contribution >= 0.6 is 0 Å². The first kappa shape index (κ1) is 16.6. The second-order valence-corrected chi connectivity index (χ2v) is 6.14. The van der Waals surface area contributed by atoms with Crippen LogP contribution in [0.2, 0.25) is 0 Å². The molecule has 128 valence electrons. The number of esters is 1. The lowest BCUT2D eigenvalue weighted by atomic mass is 9.87. The summed E-state index contributed by atoms with van der Waals surface area (Å²) in [7, 11) is 4.73. The van der Waals surface area contributed by atoms with Gasteiger partial charge >= 0.3 is 5.97 Å². The lowest BCUT2D eigenvalue weighted by Gasteiger charge is -2.21. The molecule has 2 aliphatic rings. The van der Waals surface area contributed by atoms with Crippen LogP contribution in [0.3, 0.4) is 0 Å². The number of fused-ring (bicyclic) bond motifs is 2. The van der Waals surface area contributed by atoms with E-state index in [1.165, 1.54) is 7.11 Å². The van der Waals surface area contributed by atoms with Crippen LogP contribution in [0.15, 0.2) is 18.2 Å². The molecular formula is C20H24O4. The second kappa shape index (κ2) is 7.12. The van der Waals surface area contributed by atoms with Crippen molar-refractivity contribution in [1.82, 2.24) is 0 Å². The van der Waals surface area contributed by atoms with Gasteiger partial charge in [-0.25, -0.2) is 4.79 Å². The van der Waals surface area contributed by atoms with Gasteiger partial charge in [0.2, 0.25) is 0 Å². The Balaban J connectivity index is 2.37. The van der Waals surface area contributed by atoms with Crippen molar-refractivity contribution < 1.29 is 19.0 Å². The van der Waals surface area contributed by atoms with Crippen molar-refractivity contribution in [2.24, 2.45) is 0 Å². The highest BCUT2D eigenvalue weighted by Gasteiger charge is 2.29. The third-order valence-corrected chi connectivity index (χ3v) is 4.77. The van der Waals surface area contributed by atoms with Crippen molar-refractivity contribution in [3.63, 3.8) is 0 Å². The van der Waals surface area contributed by atoms with E-state index in [0.717, 1.165) is 72.3 Å². The first-order chi connectivity index (χ1) is 11.7. The third kappa shape index (κ3) is 2.81. The van der Waals surface area contributed by atoms with Crippen LogP contribution in [-0.4, -0.2) is 27.3 Å². The Morgan fingerprint density at radius 2 is 1.38 bits per heavy atom. The Hall–Kier alpha value is -2.23. The fourth-order valence-corrected chi connectivity index (χ4v) is 3.69. The van der Waals surface area contributed by atoms with Crippen molar-refractivity contribution >= 4 is 17.5 Å². The number of aryl methyl sites for hydroxylation is 2. The number of allylic oxidation sites excluding steroid dienone is 2. The van der Waals surface area contributed by atoms with Gasteiger partial charge in [0, 0.05) is 11.1 Å². The standard InChI is InChI=1S/C20H24O4/c1-22-15-10-6-4-8-13-12-14-9-5-7-11-16(23-2)18(14)19(17(13)15)20(21)24-3/h10-12H,4-9H2,1-3H3. The van der Waals surface area contributed by atoms with Gasteiger partial charge in [-0.2, -0.15) is 0 Å². The normalized spacial score (nSPS) is 16.6. The van der Waals surface area contributed by atoms with Gasteiger partial charge in [-0.15, -0.1) is 0 Å². The summed E-state index contributed by atoms with van der Waals surface area (Å²) in [6.07, 6.45) is 9.98. The maximum atomic E-state index is 12.7. The van der Waals surface area contributed by atoms with Crippen molar-refractivity contribution in [2.45, 2.75) is 38.5 Å². The van der Waals surface area contributed by atoms with E-state index in [-0.39, 0.29) is 5.97 Å². The van der Waals surface area contributed by atoms with Gasteiger partial charge in [0.05, 0.1) is 26.9 Å². The molecule has 1 aromatic carbocycles. The molecule has 0 fully saturated rings. The van der Waals surface area contributed by atoms with Gasteiger partial charge in [-0.3, -0.25) is 0 Å². The Labute approximate surface area is 143 Å². The maximum Gasteiger partial charge on any atom is 0.339 e. The molecule has 1 aromatic rings. The summed E-state index contributed by atoms with van der Waals surface area (Å²) in [6.45, 7) is 0. The fraction of sp³-hybridized carbons (Fsp3) is 0.450. The highest BCUT2D eigenvalue weighted by atomic mass is 16.5. The summed E-state index contributed by atoms with van der Waals surface area (Å²) in [4.78, 5) is 12.7. The zero-order chi connectivity index (χ0) is 17.1. The summed E-state index contributed by atoms with van der Waals surface area (Å²) >= 11 is 0. The molecule has 24 heavy (non-hydrogen) atoms. The summed E-state index contributed by atoms with van der Waals surface area (Å²) in [6, 6.07) is 2.23. The predicted molar refractivity (Wildman–Crippen MR) is 93.6 cm³/mol.